The number of hydrogen-bond donors (Lipinski definition) is 1. The Morgan fingerprint density at radius 1 is 1.14 bits per heavy atom. The fourth-order valence-corrected chi connectivity index (χ4v) is 3.16. The topological polar surface area (TPSA) is 103 Å². The lowest BCUT2D eigenvalue weighted by atomic mass is 10.2. The van der Waals surface area contributed by atoms with Crippen molar-refractivity contribution in [2.75, 3.05) is 5.32 Å². The maximum absolute atomic E-state index is 12.2. The Hall–Kier alpha value is -3.85. The van der Waals surface area contributed by atoms with E-state index in [9.17, 15) is 4.79 Å². The summed E-state index contributed by atoms with van der Waals surface area (Å²) in [6.45, 7) is 0. The average Bonchev–Trinajstić information content (AvgIpc) is 3.28. The molecule has 0 spiro atoms. The summed E-state index contributed by atoms with van der Waals surface area (Å²) in [5.41, 5.74) is 1.84. The highest BCUT2D eigenvalue weighted by molar-refractivity contribution is 6.31. The lowest BCUT2D eigenvalue weighted by molar-refractivity contribution is 0.768. The van der Waals surface area contributed by atoms with Crippen LogP contribution in [0.4, 0.5) is 11.6 Å². The van der Waals surface area contributed by atoms with Gasteiger partial charge >= 0.3 is 0 Å². The van der Waals surface area contributed by atoms with Crippen molar-refractivity contribution in [2.45, 2.75) is 0 Å². The molecule has 0 aliphatic heterocycles. The molecular weight excluding hydrogens is 392 g/mol. The fraction of sp³-hybridized carbons (Fsp3) is 0.0526. The molecule has 142 valence electrons. The SMILES string of the molecule is Cn1cc(-c2nc3c4cc(Cl)ccc4nc(Nc4ccccnc4=O)n3n2)cn1. The number of fused-ring (bicyclic) bond motifs is 3. The second-order valence-corrected chi connectivity index (χ2v) is 6.78. The number of benzene rings is 1. The summed E-state index contributed by atoms with van der Waals surface area (Å²) >= 11 is 6.19. The van der Waals surface area contributed by atoms with Gasteiger partial charge in [-0.05, 0) is 30.3 Å². The first-order chi connectivity index (χ1) is 14.1. The van der Waals surface area contributed by atoms with Crippen LogP contribution >= 0.6 is 11.6 Å². The molecule has 1 aromatic carbocycles. The van der Waals surface area contributed by atoms with E-state index < -0.39 is 5.56 Å². The number of nitrogens with one attached hydrogen (secondary N) is 1. The third kappa shape index (κ3) is 3.07. The predicted octanol–water partition coefficient (Wildman–Crippen LogP) is 2.83. The molecule has 0 aliphatic carbocycles. The summed E-state index contributed by atoms with van der Waals surface area (Å²) in [5, 5.41) is 13.1. The third-order valence-corrected chi connectivity index (χ3v) is 4.56. The molecule has 4 aromatic heterocycles. The molecule has 0 fully saturated rings. The molecule has 0 saturated carbocycles. The summed E-state index contributed by atoms with van der Waals surface area (Å²) in [6.07, 6.45) is 4.94. The molecule has 0 bridgehead atoms. The van der Waals surface area contributed by atoms with Crippen LogP contribution in [0.3, 0.4) is 0 Å². The minimum Gasteiger partial charge on any atom is -0.319 e. The molecule has 29 heavy (non-hydrogen) atoms. The van der Waals surface area contributed by atoms with Gasteiger partial charge < -0.3 is 5.32 Å². The van der Waals surface area contributed by atoms with Crippen molar-refractivity contribution < 1.29 is 0 Å². The van der Waals surface area contributed by atoms with E-state index >= 15 is 0 Å². The molecule has 0 saturated heterocycles. The number of aromatic nitrogens is 7. The van der Waals surface area contributed by atoms with E-state index in [0.717, 1.165) is 10.9 Å². The van der Waals surface area contributed by atoms with Crippen molar-refractivity contribution in [3.05, 3.63) is 70.4 Å². The van der Waals surface area contributed by atoms with Gasteiger partial charge in [-0.1, -0.05) is 17.7 Å². The van der Waals surface area contributed by atoms with E-state index in [1.807, 2.05) is 13.2 Å². The van der Waals surface area contributed by atoms with Crippen LogP contribution in [0.15, 0.2) is 59.8 Å². The summed E-state index contributed by atoms with van der Waals surface area (Å²) in [5.74, 6) is 0.817. The number of rotatable bonds is 3. The fourth-order valence-electron chi connectivity index (χ4n) is 2.99. The van der Waals surface area contributed by atoms with Crippen molar-refractivity contribution in [3.63, 3.8) is 0 Å². The van der Waals surface area contributed by atoms with E-state index in [0.29, 0.717) is 28.0 Å². The van der Waals surface area contributed by atoms with E-state index in [1.165, 1.54) is 6.20 Å². The van der Waals surface area contributed by atoms with Gasteiger partial charge in [0, 0.05) is 29.9 Å². The van der Waals surface area contributed by atoms with E-state index in [1.54, 1.807) is 51.8 Å². The first-order valence-corrected chi connectivity index (χ1v) is 9.04. The third-order valence-electron chi connectivity index (χ3n) is 4.33. The Balaban J connectivity index is 1.78. The Bertz CT molecular complexity index is 1440. The summed E-state index contributed by atoms with van der Waals surface area (Å²) in [4.78, 5) is 25.3. The predicted molar refractivity (Wildman–Crippen MR) is 109 cm³/mol. The normalized spacial score (nSPS) is 11.2. The van der Waals surface area contributed by atoms with E-state index in [4.69, 9.17) is 11.6 Å². The number of anilines is 2. The van der Waals surface area contributed by atoms with Crippen LogP contribution in [0.1, 0.15) is 0 Å². The second kappa shape index (κ2) is 6.64. The van der Waals surface area contributed by atoms with Gasteiger partial charge in [0.25, 0.3) is 5.56 Å². The summed E-state index contributed by atoms with van der Waals surface area (Å²) in [7, 11) is 1.82. The minimum absolute atomic E-state index is 0.274. The van der Waals surface area contributed by atoms with Crippen molar-refractivity contribution in [3.8, 4) is 11.4 Å². The zero-order valence-electron chi connectivity index (χ0n) is 15.1. The number of aryl methyl sites for hydroxylation is 1. The molecule has 0 atom stereocenters. The van der Waals surface area contributed by atoms with Crippen LogP contribution in [0.2, 0.25) is 5.02 Å². The van der Waals surface area contributed by atoms with Gasteiger partial charge in [0.2, 0.25) is 5.95 Å². The number of hydrogen-bond acceptors (Lipinski definition) is 7. The van der Waals surface area contributed by atoms with Gasteiger partial charge in [0.05, 0.1) is 17.3 Å². The molecule has 9 nitrogen and oxygen atoms in total. The van der Waals surface area contributed by atoms with Gasteiger partial charge in [-0.3, -0.25) is 9.48 Å². The smallest absolute Gasteiger partial charge is 0.293 e. The molecule has 10 heteroatoms. The van der Waals surface area contributed by atoms with Crippen LogP contribution in [-0.2, 0) is 7.05 Å². The second-order valence-electron chi connectivity index (χ2n) is 6.34. The van der Waals surface area contributed by atoms with Crippen molar-refractivity contribution >= 4 is 39.8 Å². The van der Waals surface area contributed by atoms with E-state index in [2.05, 4.69) is 30.5 Å². The minimum atomic E-state index is -0.409. The highest BCUT2D eigenvalue weighted by atomic mass is 35.5. The molecular formula is C19H13ClN8O. The van der Waals surface area contributed by atoms with Crippen molar-refractivity contribution in [2.24, 2.45) is 7.05 Å². The van der Waals surface area contributed by atoms with Crippen LogP contribution in [-0.4, -0.2) is 34.3 Å². The van der Waals surface area contributed by atoms with E-state index in [-0.39, 0.29) is 5.69 Å². The zero-order chi connectivity index (χ0) is 20.0. The lowest BCUT2D eigenvalue weighted by Crippen LogP contribution is -2.11. The molecule has 0 radical (unpaired) electrons. The van der Waals surface area contributed by atoms with Crippen molar-refractivity contribution in [1.29, 1.82) is 0 Å². The van der Waals surface area contributed by atoms with Crippen molar-refractivity contribution in [1.82, 2.24) is 34.3 Å². The quantitative estimate of drug-likeness (QED) is 0.493. The van der Waals surface area contributed by atoms with Crippen LogP contribution in [0.25, 0.3) is 27.9 Å². The molecule has 4 heterocycles. The largest absolute Gasteiger partial charge is 0.319 e. The molecule has 0 aliphatic rings. The molecule has 1 N–H and O–H groups in total. The Morgan fingerprint density at radius 3 is 2.86 bits per heavy atom. The first kappa shape index (κ1) is 17.3. The van der Waals surface area contributed by atoms with Gasteiger partial charge in [-0.15, -0.1) is 5.10 Å². The maximum Gasteiger partial charge on any atom is 0.293 e. The van der Waals surface area contributed by atoms with Gasteiger partial charge in [0.1, 0.15) is 5.69 Å². The maximum atomic E-state index is 12.2. The van der Waals surface area contributed by atoms with Gasteiger partial charge in [-0.25, -0.2) is 15.0 Å². The van der Waals surface area contributed by atoms with Crippen LogP contribution in [0, 0.1) is 0 Å². The molecule has 0 amide bonds. The van der Waals surface area contributed by atoms with Crippen LogP contribution in [0.5, 0.6) is 0 Å². The summed E-state index contributed by atoms with van der Waals surface area (Å²) in [6, 6.07) is 10.4. The average molecular weight is 405 g/mol. The molecule has 5 rings (SSSR count). The zero-order valence-corrected chi connectivity index (χ0v) is 15.9. The monoisotopic (exact) mass is 404 g/mol. The number of nitrogens with zero attached hydrogens (tertiary/aromatic N) is 7. The summed E-state index contributed by atoms with van der Waals surface area (Å²) < 4.78 is 3.22. The molecule has 0 unspecified atom stereocenters. The van der Waals surface area contributed by atoms with Crippen LogP contribution < -0.4 is 10.9 Å². The Kier molecular flexibility index (Phi) is 3.95. The Morgan fingerprint density at radius 2 is 2.03 bits per heavy atom. The number of halogens is 1. The lowest BCUT2D eigenvalue weighted by Gasteiger charge is -2.07. The first-order valence-electron chi connectivity index (χ1n) is 8.66. The van der Waals surface area contributed by atoms with Gasteiger partial charge in [-0.2, -0.15) is 9.61 Å². The highest BCUT2D eigenvalue weighted by Crippen LogP contribution is 2.27. The highest BCUT2D eigenvalue weighted by Gasteiger charge is 2.16. The van der Waals surface area contributed by atoms with Gasteiger partial charge in [0.15, 0.2) is 11.5 Å². The molecule has 5 aromatic rings. The Labute approximate surface area is 168 Å². The standard InChI is InChI=1S/C19H13ClN8O/c1-27-10-11(9-22-27)16-25-17-13-8-12(20)5-6-14(13)23-19(28(17)26-16)24-15-4-2-3-7-21-18(15)29/h2-10H,1H3,(H,21,23,24,29).